The number of nitrogens with zero attached hydrogens (tertiary/aromatic N) is 1. The Kier molecular flexibility index (Phi) is 3.83. The molecule has 0 radical (unpaired) electrons. The van der Waals surface area contributed by atoms with Gasteiger partial charge >= 0.3 is 0 Å². The normalized spacial score (nSPS) is 12.1. The summed E-state index contributed by atoms with van der Waals surface area (Å²) in [6.07, 6.45) is 3.35. The number of amides is 1. The smallest absolute Gasteiger partial charge is 0.231 e. The van der Waals surface area contributed by atoms with Gasteiger partial charge < -0.3 is 5.32 Å². The Morgan fingerprint density at radius 3 is 2.64 bits per heavy atom. The molecule has 2 aromatic carbocycles. The van der Waals surface area contributed by atoms with E-state index in [0.717, 1.165) is 10.8 Å². The van der Waals surface area contributed by atoms with Crippen LogP contribution in [0.3, 0.4) is 0 Å². The van der Waals surface area contributed by atoms with Gasteiger partial charge in [0.15, 0.2) is 0 Å². The number of anilines is 1. The van der Waals surface area contributed by atoms with Crippen molar-refractivity contribution in [1.82, 2.24) is 4.98 Å². The highest BCUT2D eigenvalue weighted by molar-refractivity contribution is 6.03. The third-order valence-corrected chi connectivity index (χ3v) is 3.69. The van der Waals surface area contributed by atoms with Gasteiger partial charge in [0.25, 0.3) is 0 Å². The molecule has 1 atom stereocenters. The molecule has 4 heteroatoms. The first-order valence-corrected chi connectivity index (χ1v) is 7.05. The van der Waals surface area contributed by atoms with E-state index in [2.05, 4.69) is 10.3 Å². The lowest BCUT2D eigenvalue weighted by Crippen LogP contribution is -2.20. The van der Waals surface area contributed by atoms with E-state index in [1.807, 2.05) is 24.3 Å². The predicted molar refractivity (Wildman–Crippen MR) is 85.2 cm³/mol. The van der Waals surface area contributed by atoms with Crippen LogP contribution in [0.25, 0.3) is 10.8 Å². The molecule has 0 bridgehead atoms. The molecule has 1 aromatic heterocycles. The van der Waals surface area contributed by atoms with Gasteiger partial charge in [0, 0.05) is 17.0 Å². The first kappa shape index (κ1) is 14.2. The molecular weight excluding hydrogens is 279 g/mol. The predicted octanol–water partition coefficient (Wildman–Crippen LogP) is 4.12. The molecule has 0 aliphatic carbocycles. The quantitative estimate of drug-likeness (QED) is 0.789. The lowest BCUT2D eigenvalue weighted by molar-refractivity contribution is -0.117. The summed E-state index contributed by atoms with van der Waals surface area (Å²) in [7, 11) is 0. The molecule has 1 heterocycles. The maximum absolute atomic E-state index is 13.8. The molecule has 0 spiro atoms. The summed E-state index contributed by atoms with van der Waals surface area (Å²) in [5.74, 6) is -1.22. The number of aromatic nitrogens is 1. The summed E-state index contributed by atoms with van der Waals surface area (Å²) in [6, 6.07) is 14.0. The van der Waals surface area contributed by atoms with Gasteiger partial charge in [-0.3, -0.25) is 9.78 Å². The largest absolute Gasteiger partial charge is 0.324 e. The lowest BCUT2D eigenvalue weighted by Gasteiger charge is -2.14. The molecule has 0 saturated carbocycles. The Morgan fingerprint density at radius 1 is 1.09 bits per heavy atom. The van der Waals surface area contributed by atoms with E-state index in [4.69, 9.17) is 0 Å². The first-order chi connectivity index (χ1) is 10.7. The molecule has 1 N–H and O–H groups in total. The number of hydrogen-bond donors (Lipinski definition) is 1. The van der Waals surface area contributed by atoms with Crippen LogP contribution < -0.4 is 5.32 Å². The zero-order valence-corrected chi connectivity index (χ0v) is 12.1. The van der Waals surface area contributed by atoms with E-state index in [1.165, 1.54) is 6.07 Å². The second kappa shape index (κ2) is 5.93. The second-order valence-corrected chi connectivity index (χ2v) is 5.14. The minimum atomic E-state index is -0.583. The number of hydrogen-bond acceptors (Lipinski definition) is 2. The second-order valence-electron chi connectivity index (χ2n) is 5.14. The SMILES string of the molecule is CC(C(=O)Nc1cncc2ccccc12)c1ccccc1F. The Morgan fingerprint density at radius 2 is 1.82 bits per heavy atom. The van der Waals surface area contributed by atoms with Crippen molar-refractivity contribution >= 4 is 22.4 Å². The number of rotatable bonds is 3. The zero-order valence-electron chi connectivity index (χ0n) is 12.1. The van der Waals surface area contributed by atoms with Crippen molar-refractivity contribution < 1.29 is 9.18 Å². The van der Waals surface area contributed by atoms with Crippen LogP contribution in [0.5, 0.6) is 0 Å². The van der Waals surface area contributed by atoms with Gasteiger partial charge in [-0.1, -0.05) is 42.5 Å². The molecule has 1 amide bonds. The van der Waals surface area contributed by atoms with Gasteiger partial charge in [0.1, 0.15) is 5.82 Å². The molecular formula is C18H15FN2O. The van der Waals surface area contributed by atoms with Crippen LogP contribution in [-0.2, 0) is 4.79 Å². The molecule has 1 unspecified atom stereocenters. The van der Waals surface area contributed by atoms with Gasteiger partial charge in [-0.25, -0.2) is 4.39 Å². The van der Waals surface area contributed by atoms with Crippen molar-refractivity contribution in [3.63, 3.8) is 0 Å². The highest BCUT2D eigenvalue weighted by Gasteiger charge is 2.19. The van der Waals surface area contributed by atoms with Crippen molar-refractivity contribution in [3.8, 4) is 0 Å². The number of carbonyl (C=O) groups is 1. The lowest BCUT2D eigenvalue weighted by atomic mass is 9.99. The average molecular weight is 294 g/mol. The van der Waals surface area contributed by atoms with Crippen LogP contribution in [0.1, 0.15) is 18.4 Å². The third kappa shape index (κ3) is 2.68. The van der Waals surface area contributed by atoms with Crippen LogP contribution in [0.4, 0.5) is 10.1 Å². The molecule has 22 heavy (non-hydrogen) atoms. The molecule has 0 aliphatic rings. The van der Waals surface area contributed by atoms with E-state index in [9.17, 15) is 9.18 Å². The molecule has 0 saturated heterocycles. The standard InChI is InChI=1S/C18H15FN2O/c1-12(14-7-4-5-9-16(14)19)18(22)21-17-11-20-10-13-6-2-3-8-15(13)17/h2-12H,1H3,(H,21,22). The monoisotopic (exact) mass is 294 g/mol. The molecule has 3 rings (SSSR count). The van der Waals surface area contributed by atoms with E-state index >= 15 is 0 Å². The topological polar surface area (TPSA) is 42.0 Å². The minimum Gasteiger partial charge on any atom is -0.324 e. The van der Waals surface area contributed by atoms with E-state index < -0.39 is 5.92 Å². The van der Waals surface area contributed by atoms with Gasteiger partial charge in [-0.2, -0.15) is 0 Å². The molecule has 3 aromatic rings. The van der Waals surface area contributed by atoms with Crippen LogP contribution in [-0.4, -0.2) is 10.9 Å². The summed E-state index contributed by atoms with van der Waals surface area (Å²) in [5.41, 5.74) is 1.01. The molecule has 0 aliphatic heterocycles. The van der Waals surface area contributed by atoms with Crippen molar-refractivity contribution in [2.24, 2.45) is 0 Å². The molecule has 110 valence electrons. The summed E-state index contributed by atoms with van der Waals surface area (Å²) >= 11 is 0. The van der Waals surface area contributed by atoms with Crippen molar-refractivity contribution in [2.75, 3.05) is 5.32 Å². The molecule has 0 fully saturated rings. The Hall–Kier alpha value is -2.75. The summed E-state index contributed by atoms with van der Waals surface area (Å²) in [4.78, 5) is 16.5. The average Bonchev–Trinajstić information content (AvgIpc) is 2.55. The highest BCUT2D eigenvalue weighted by atomic mass is 19.1. The fraction of sp³-hybridized carbons (Fsp3) is 0.111. The van der Waals surface area contributed by atoms with Gasteiger partial charge in [0.2, 0.25) is 5.91 Å². The minimum absolute atomic E-state index is 0.261. The fourth-order valence-corrected chi connectivity index (χ4v) is 2.42. The zero-order chi connectivity index (χ0) is 15.5. The van der Waals surface area contributed by atoms with Crippen molar-refractivity contribution in [1.29, 1.82) is 0 Å². The summed E-state index contributed by atoms with van der Waals surface area (Å²) in [5, 5.41) is 4.69. The van der Waals surface area contributed by atoms with Crippen LogP contribution in [0, 0.1) is 5.82 Å². The van der Waals surface area contributed by atoms with E-state index in [1.54, 1.807) is 37.5 Å². The Labute approximate surface area is 127 Å². The Bertz CT molecular complexity index is 827. The van der Waals surface area contributed by atoms with Crippen LogP contribution in [0.15, 0.2) is 60.9 Å². The number of fused-ring (bicyclic) bond motifs is 1. The maximum atomic E-state index is 13.8. The van der Waals surface area contributed by atoms with E-state index in [0.29, 0.717) is 11.3 Å². The fourth-order valence-electron chi connectivity index (χ4n) is 2.42. The number of nitrogens with one attached hydrogen (secondary N) is 1. The Balaban J connectivity index is 1.89. The van der Waals surface area contributed by atoms with Crippen molar-refractivity contribution in [3.05, 3.63) is 72.3 Å². The summed E-state index contributed by atoms with van der Waals surface area (Å²) < 4.78 is 13.8. The highest BCUT2D eigenvalue weighted by Crippen LogP contribution is 2.24. The third-order valence-electron chi connectivity index (χ3n) is 3.69. The van der Waals surface area contributed by atoms with Gasteiger partial charge in [-0.05, 0) is 18.6 Å². The van der Waals surface area contributed by atoms with Gasteiger partial charge in [-0.15, -0.1) is 0 Å². The number of carbonyl (C=O) groups excluding carboxylic acids is 1. The van der Waals surface area contributed by atoms with Crippen LogP contribution in [0.2, 0.25) is 0 Å². The number of halogens is 1. The van der Waals surface area contributed by atoms with Crippen LogP contribution >= 0.6 is 0 Å². The summed E-state index contributed by atoms with van der Waals surface area (Å²) in [6.45, 7) is 1.69. The van der Waals surface area contributed by atoms with Crippen molar-refractivity contribution in [2.45, 2.75) is 12.8 Å². The number of pyridine rings is 1. The first-order valence-electron chi connectivity index (χ1n) is 7.05. The van der Waals surface area contributed by atoms with Gasteiger partial charge in [0.05, 0.1) is 17.8 Å². The molecule has 3 nitrogen and oxygen atoms in total. The number of benzene rings is 2. The maximum Gasteiger partial charge on any atom is 0.231 e. The van der Waals surface area contributed by atoms with E-state index in [-0.39, 0.29) is 11.7 Å².